The highest BCUT2D eigenvalue weighted by molar-refractivity contribution is 7.89. The van der Waals surface area contributed by atoms with Crippen LogP contribution in [0, 0.1) is 0 Å². The summed E-state index contributed by atoms with van der Waals surface area (Å²) in [5.74, 6) is 0. The van der Waals surface area contributed by atoms with Crippen LogP contribution >= 0.6 is 0 Å². The lowest BCUT2D eigenvalue weighted by molar-refractivity contribution is 0.110. The zero-order valence-corrected chi connectivity index (χ0v) is 15.1. The Labute approximate surface area is 144 Å². The number of benzene rings is 2. The van der Waals surface area contributed by atoms with E-state index in [1.54, 1.807) is 12.1 Å². The van der Waals surface area contributed by atoms with Crippen LogP contribution in [0.1, 0.15) is 13.8 Å². The highest BCUT2D eigenvalue weighted by atomic mass is 32.2. The minimum atomic E-state index is -3.62. The first-order chi connectivity index (χ1) is 11.6. The zero-order valence-electron chi connectivity index (χ0n) is 14.3. The molecule has 0 unspecified atom stereocenters. The second-order valence-corrected chi connectivity index (χ2v) is 7.18. The maximum atomic E-state index is 13.1. The Morgan fingerprint density at radius 2 is 1.46 bits per heavy atom. The lowest BCUT2D eigenvalue weighted by Gasteiger charge is -2.23. The third-order valence-electron chi connectivity index (χ3n) is 3.75. The summed E-state index contributed by atoms with van der Waals surface area (Å²) in [5.41, 5.74) is 0. The second kappa shape index (κ2) is 9.13. The van der Waals surface area contributed by atoms with Gasteiger partial charge in [-0.15, -0.1) is 0 Å². The Bertz CT molecular complexity index is 730. The summed E-state index contributed by atoms with van der Waals surface area (Å²) >= 11 is 0. The van der Waals surface area contributed by atoms with E-state index >= 15 is 0 Å². The van der Waals surface area contributed by atoms with Crippen LogP contribution in [-0.2, 0) is 19.5 Å². The first-order valence-corrected chi connectivity index (χ1v) is 9.68. The van der Waals surface area contributed by atoms with Gasteiger partial charge in [0.05, 0.1) is 18.1 Å². The minimum Gasteiger partial charge on any atom is -0.380 e. The summed E-state index contributed by atoms with van der Waals surface area (Å²) in [7, 11) is -3.62. The van der Waals surface area contributed by atoms with Crippen LogP contribution < -0.4 is 0 Å². The molecule has 0 spiro atoms. The highest BCUT2D eigenvalue weighted by Gasteiger charge is 2.25. The zero-order chi connectivity index (χ0) is 17.4. The van der Waals surface area contributed by atoms with E-state index in [0.717, 1.165) is 10.8 Å². The predicted molar refractivity (Wildman–Crippen MR) is 95.7 cm³/mol. The molecule has 0 N–H and O–H groups in total. The average Bonchev–Trinajstić information content (AvgIpc) is 2.60. The van der Waals surface area contributed by atoms with Crippen molar-refractivity contribution >= 4 is 20.8 Å². The number of fused-ring (bicyclic) bond motifs is 1. The predicted octanol–water partition coefficient (Wildman–Crippen LogP) is 2.90. The molecule has 2 aromatic carbocycles. The maximum absolute atomic E-state index is 13.1. The SMILES string of the molecule is CCOCCN(CCOCC)S(=O)(=O)c1cccc2ccccc12. The van der Waals surface area contributed by atoms with Crippen LogP contribution in [0.2, 0.25) is 0 Å². The van der Waals surface area contributed by atoms with E-state index in [-0.39, 0.29) is 0 Å². The van der Waals surface area contributed by atoms with Crippen molar-refractivity contribution in [3.05, 3.63) is 42.5 Å². The summed E-state index contributed by atoms with van der Waals surface area (Å²) in [6.07, 6.45) is 0. The molecule has 0 saturated heterocycles. The Hall–Kier alpha value is -1.47. The number of nitrogens with zero attached hydrogens (tertiary/aromatic N) is 1. The topological polar surface area (TPSA) is 55.8 Å². The van der Waals surface area contributed by atoms with Gasteiger partial charge < -0.3 is 9.47 Å². The van der Waals surface area contributed by atoms with E-state index in [1.807, 2.05) is 44.2 Å². The Kier molecular flexibility index (Phi) is 7.17. The van der Waals surface area contributed by atoms with Gasteiger partial charge in [-0.3, -0.25) is 0 Å². The molecule has 0 aliphatic rings. The summed E-state index contributed by atoms with van der Waals surface area (Å²) in [6, 6.07) is 12.9. The van der Waals surface area contributed by atoms with Crippen molar-refractivity contribution in [1.82, 2.24) is 4.31 Å². The normalized spacial score (nSPS) is 12.1. The van der Waals surface area contributed by atoms with Crippen molar-refractivity contribution in [1.29, 1.82) is 0 Å². The van der Waals surface area contributed by atoms with Crippen LogP contribution in [0.15, 0.2) is 47.4 Å². The minimum absolute atomic E-state index is 0.312. The van der Waals surface area contributed by atoms with Gasteiger partial charge in [-0.2, -0.15) is 4.31 Å². The number of sulfonamides is 1. The molecule has 0 saturated carbocycles. The molecule has 0 aromatic heterocycles. The summed E-state index contributed by atoms with van der Waals surface area (Å²) in [5, 5.41) is 1.64. The lowest BCUT2D eigenvalue weighted by atomic mass is 10.1. The van der Waals surface area contributed by atoms with Gasteiger partial charge in [0, 0.05) is 31.7 Å². The van der Waals surface area contributed by atoms with Gasteiger partial charge in [-0.05, 0) is 25.3 Å². The molecular formula is C18H25NO4S. The number of hydrogen-bond acceptors (Lipinski definition) is 4. The Morgan fingerprint density at radius 1 is 0.875 bits per heavy atom. The van der Waals surface area contributed by atoms with Gasteiger partial charge in [0.2, 0.25) is 10.0 Å². The van der Waals surface area contributed by atoms with Crippen molar-refractivity contribution in [2.75, 3.05) is 39.5 Å². The first-order valence-electron chi connectivity index (χ1n) is 8.24. The number of rotatable bonds is 10. The van der Waals surface area contributed by atoms with Crippen molar-refractivity contribution in [3.63, 3.8) is 0 Å². The molecule has 5 nitrogen and oxygen atoms in total. The summed E-state index contributed by atoms with van der Waals surface area (Å²) < 4.78 is 38.4. The average molecular weight is 351 g/mol. The monoisotopic (exact) mass is 351 g/mol. The molecule has 0 aliphatic heterocycles. The van der Waals surface area contributed by atoms with Crippen LogP contribution in [0.5, 0.6) is 0 Å². The smallest absolute Gasteiger partial charge is 0.243 e. The van der Waals surface area contributed by atoms with E-state index in [2.05, 4.69) is 0 Å². The molecule has 0 amide bonds. The third kappa shape index (κ3) is 4.54. The first kappa shape index (κ1) is 18.9. The molecule has 2 aromatic rings. The molecule has 24 heavy (non-hydrogen) atoms. The molecule has 0 atom stereocenters. The fourth-order valence-electron chi connectivity index (χ4n) is 2.53. The molecule has 132 valence electrons. The molecule has 0 fully saturated rings. The quantitative estimate of drug-likeness (QED) is 0.618. The molecule has 0 heterocycles. The van der Waals surface area contributed by atoms with Gasteiger partial charge in [-0.25, -0.2) is 8.42 Å². The molecule has 2 rings (SSSR count). The van der Waals surface area contributed by atoms with Crippen LogP contribution in [0.4, 0.5) is 0 Å². The van der Waals surface area contributed by atoms with Crippen molar-refractivity contribution in [3.8, 4) is 0 Å². The second-order valence-electron chi connectivity index (χ2n) is 5.28. The fraction of sp³-hybridized carbons (Fsp3) is 0.444. The summed E-state index contributed by atoms with van der Waals surface area (Å²) in [4.78, 5) is 0.327. The molecule has 0 aliphatic carbocycles. The molecule has 0 bridgehead atoms. The highest BCUT2D eigenvalue weighted by Crippen LogP contribution is 2.25. The van der Waals surface area contributed by atoms with Crippen molar-refractivity contribution < 1.29 is 17.9 Å². The Morgan fingerprint density at radius 3 is 2.08 bits per heavy atom. The van der Waals surface area contributed by atoms with E-state index in [0.29, 0.717) is 44.4 Å². The van der Waals surface area contributed by atoms with Crippen LogP contribution in [-0.4, -0.2) is 52.2 Å². The van der Waals surface area contributed by atoms with Gasteiger partial charge in [0.25, 0.3) is 0 Å². The van der Waals surface area contributed by atoms with Crippen molar-refractivity contribution in [2.45, 2.75) is 18.7 Å². The van der Waals surface area contributed by atoms with Gasteiger partial charge >= 0.3 is 0 Å². The number of ether oxygens (including phenoxy) is 2. The fourth-order valence-corrected chi connectivity index (χ4v) is 4.16. The van der Waals surface area contributed by atoms with E-state index in [4.69, 9.17) is 9.47 Å². The lowest BCUT2D eigenvalue weighted by Crippen LogP contribution is -2.36. The Balaban J connectivity index is 2.33. The molecule has 0 radical (unpaired) electrons. The van der Waals surface area contributed by atoms with Gasteiger partial charge in [0.1, 0.15) is 0 Å². The largest absolute Gasteiger partial charge is 0.380 e. The van der Waals surface area contributed by atoms with Crippen LogP contribution in [0.25, 0.3) is 10.8 Å². The van der Waals surface area contributed by atoms with E-state index in [1.165, 1.54) is 4.31 Å². The molecule has 6 heteroatoms. The van der Waals surface area contributed by atoms with E-state index < -0.39 is 10.0 Å². The molecular weight excluding hydrogens is 326 g/mol. The van der Waals surface area contributed by atoms with Gasteiger partial charge in [-0.1, -0.05) is 36.4 Å². The number of hydrogen-bond donors (Lipinski definition) is 0. The summed E-state index contributed by atoms with van der Waals surface area (Å²) in [6.45, 7) is 6.27. The van der Waals surface area contributed by atoms with Crippen molar-refractivity contribution in [2.24, 2.45) is 0 Å². The van der Waals surface area contributed by atoms with Gasteiger partial charge in [0.15, 0.2) is 0 Å². The third-order valence-corrected chi connectivity index (χ3v) is 5.70. The maximum Gasteiger partial charge on any atom is 0.243 e. The van der Waals surface area contributed by atoms with E-state index in [9.17, 15) is 8.42 Å². The van der Waals surface area contributed by atoms with Crippen LogP contribution in [0.3, 0.4) is 0 Å². The standard InChI is InChI=1S/C18H25NO4S/c1-3-22-14-12-19(13-15-23-4-2)24(20,21)18-11-7-9-16-8-5-6-10-17(16)18/h5-11H,3-4,12-15H2,1-2H3.